The first-order valence-electron chi connectivity index (χ1n) is 7.83. The average molecular weight is 452 g/mol. The lowest BCUT2D eigenvalue weighted by atomic mass is 10.3. The van der Waals surface area contributed by atoms with Crippen LogP contribution in [-0.4, -0.2) is 31.3 Å². The van der Waals surface area contributed by atoms with Gasteiger partial charge in [0.15, 0.2) is 16.7 Å². The predicted octanol–water partition coefficient (Wildman–Crippen LogP) is 3.96. The molecule has 11 heteroatoms. The van der Waals surface area contributed by atoms with E-state index in [0.717, 1.165) is 0 Å². The Hall–Kier alpha value is -2.66. The van der Waals surface area contributed by atoms with Gasteiger partial charge in [0.1, 0.15) is 0 Å². The van der Waals surface area contributed by atoms with Gasteiger partial charge < -0.3 is 9.73 Å². The number of nitrogens with one attached hydrogen (secondary N) is 1. The second kappa shape index (κ2) is 8.35. The van der Waals surface area contributed by atoms with Gasteiger partial charge >= 0.3 is 0 Å². The second-order valence-electron chi connectivity index (χ2n) is 5.29. The van der Waals surface area contributed by atoms with Crippen molar-refractivity contribution in [1.29, 1.82) is 0 Å². The van der Waals surface area contributed by atoms with E-state index in [0.29, 0.717) is 33.4 Å². The molecule has 0 aliphatic rings. The minimum absolute atomic E-state index is 0.0595. The molecule has 0 saturated carbocycles. The molecule has 27 heavy (non-hydrogen) atoms. The fourth-order valence-corrected chi connectivity index (χ4v) is 3.57. The number of nitro groups is 1. The number of halogens is 1. The number of thioether (sulfide) groups is 1. The normalized spacial score (nSPS) is 10.7. The predicted molar refractivity (Wildman–Crippen MR) is 104 cm³/mol. The van der Waals surface area contributed by atoms with E-state index in [1.165, 1.54) is 30.0 Å². The van der Waals surface area contributed by atoms with Crippen LogP contribution in [0.3, 0.4) is 0 Å². The van der Waals surface area contributed by atoms with Gasteiger partial charge in [-0.05, 0) is 41.1 Å². The molecule has 0 fully saturated rings. The van der Waals surface area contributed by atoms with Crippen molar-refractivity contribution in [3.63, 3.8) is 0 Å². The first-order chi connectivity index (χ1) is 13.0. The molecule has 0 radical (unpaired) electrons. The number of rotatable bonds is 7. The SMILES string of the molecule is CCn1c(SCC(=O)Nc2ccc([N+](=O)[O-])cc2Br)nnc1-c1ccco1. The van der Waals surface area contributed by atoms with Crippen LogP contribution in [0, 0.1) is 10.1 Å². The zero-order chi connectivity index (χ0) is 19.4. The Labute approximate surface area is 166 Å². The molecule has 0 atom stereocenters. The number of furan rings is 1. The number of amides is 1. The van der Waals surface area contributed by atoms with Gasteiger partial charge in [-0.25, -0.2) is 0 Å². The Morgan fingerprint density at radius 3 is 2.85 bits per heavy atom. The minimum atomic E-state index is -0.500. The van der Waals surface area contributed by atoms with Crippen LogP contribution in [0.25, 0.3) is 11.6 Å². The van der Waals surface area contributed by atoms with Crippen molar-refractivity contribution >= 4 is 45.0 Å². The number of carbonyl (C=O) groups is 1. The summed E-state index contributed by atoms with van der Waals surface area (Å²) in [6.07, 6.45) is 1.56. The standard InChI is InChI=1S/C16H14BrN5O4S/c1-2-21-15(13-4-3-7-26-13)19-20-16(21)27-9-14(23)18-12-6-5-10(22(24)25)8-11(12)17/h3-8H,2,9H2,1H3,(H,18,23). The molecule has 1 aromatic carbocycles. The molecular weight excluding hydrogens is 438 g/mol. The Kier molecular flexibility index (Phi) is 5.91. The number of nitrogens with zero attached hydrogens (tertiary/aromatic N) is 4. The third-order valence-corrected chi connectivity index (χ3v) is 5.17. The first kappa shape index (κ1) is 19.1. The van der Waals surface area contributed by atoms with Crippen LogP contribution >= 0.6 is 27.7 Å². The highest BCUT2D eigenvalue weighted by molar-refractivity contribution is 9.10. The number of hydrogen-bond donors (Lipinski definition) is 1. The summed E-state index contributed by atoms with van der Waals surface area (Å²) >= 11 is 4.47. The minimum Gasteiger partial charge on any atom is -0.461 e. The van der Waals surface area contributed by atoms with Gasteiger partial charge in [0.05, 0.1) is 22.6 Å². The Morgan fingerprint density at radius 1 is 1.41 bits per heavy atom. The molecule has 0 aliphatic carbocycles. The summed E-state index contributed by atoms with van der Waals surface area (Å²) in [5.41, 5.74) is 0.398. The molecule has 0 bridgehead atoms. The molecular formula is C16H14BrN5O4S. The lowest BCUT2D eigenvalue weighted by molar-refractivity contribution is -0.384. The number of non-ortho nitro benzene ring substituents is 1. The summed E-state index contributed by atoms with van der Waals surface area (Å²) in [5, 5.41) is 22.3. The molecule has 1 N–H and O–H groups in total. The highest BCUT2D eigenvalue weighted by atomic mass is 79.9. The quantitative estimate of drug-likeness (QED) is 0.328. The van der Waals surface area contributed by atoms with Gasteiger partial charge in [-0.3, -0.25) is 19.5 Å². The van der Waals surface area contributed by atoms with Gasteiger partial charge in [0.2, 0.25) is 5.91 Å². The summed E-state index contributed by atoms with van der Waals surface area (Å²) < 4.78 is 7.65. The molecule has 9 nitrogen and oxygen atoms in total. The monoisotopic (exact) mass is 451 g/mol. The van der Waals surface area contributed by atoms with Crippen molar-refractivity contribution < 1.29 is 14.1 Å². The van der Waals surface area contributed by atoms with Crippen LogP contribution in [0.2, 0.25) is 0 Å². The van der Waals surface area contributed by atoms with Crippen LogP contribution in [0.15, 0.2) is 50.6 Å². The van der Waals surface area contributed by atoms with Crippen molar-refractivity contribution in [2.75, 3.05) is 11.1 Å². The molecule has 0 unspecified atom stereocenters. The molecule has 2 heterocycles. The third kappa shape index (κ3) is 4.37. The molecule has 1 amide bonds. The summed E-state index contributed by atoms with van der Waals surface area (Å²) in [6, 6.07) is 7.72. The van der Waals surface area contributed by atoms with Gasteiger partial charge in [-0.15, -0.1) is 10.2 Å². The number of hydrogen-bond acceptors (Lipinski definition) is 7. The number of nitro benzene ring substituents is 1. The Morgan fingerprint density at radius 2 is 2.22 bits per heavy atom. The van der Waals surface area contributed by atoms with E-state index < -0.39 is 4.92 Å². The first-order valence-corrected chi connectivity index (χ1v) is 9.61. The fraction of sp³-hybridized carbons (Fsp3) is 0.188. The summed E-state index contributed by atoms with van der Waals surface area (Å²) in [4.78, 5) is 22.5. The highest BCUT2D eigenvalue weighted by Gasteiger charge is 2.17. The van der Waals surface area contributed by atoms with E-state index in [2.05, 4.69) is 31.4 Å². The van der Waals surface area contributed by atoms with E-state index in [1.807, 2.05) is 11.5 Å². The zero-order valence-corrected chi connectivity index (χ0v) is 16.5. The topological polar surface area (TPSA) is 116 Å². The van der Waals surface area contributed by atoms with E-state index >= 15 is 0 Å². The van der Waals surface area contributed by atoms with Crippen LogP contribution in [-0.2, 0) is 11.3 Å². The van der Waals surface area contributed by atoms with Crippen molar-refractivity contribution in [2.24, 2.45) is 0 Å². The molecule has 0 spiro atoms. The van der Waals surface area contributed by atoms with Crippen LogP contribution in [0.4, 0.5) is 11.4 Å². The molecule has 3 aromatic rings. The number of aromatic nitrogens is 3. The molecule has 140 valence electrons. The van der Waals surface area contributed by atoms with Crippen LogP contribution < -0.4 is 5.32 Å². The lowest BCUT2D eigenvalue weighted by Gasteiger charge is -2.08. The van der Waals surface area contributed by atoms with Gasteiger partial charge in [0, 0.05) is 23.2 Å². The van der Waals surface area contributed by atoms with Gasteiger partial charge in [-0.2, -0.15) is 0 Å². The van der Waals surface area contributed by atoms with E-state index in [1.54, 1.807) is 18.4 Å². The zero-order valence-electron chi connectivity index (χ0n) is 14.1. The maximum atomic E-state index is 12.2. The summed E-state index contributed by atoms with van der Waals surface area (Å²) in [6.45, 7) is 2.58. The third-order valence-electron chi connectivity index (χ3n) is 3.54. The lowest BCUT2D eigenvalue weighted by Crippen LogP contribution is -2.15. The smallest absolute Gasteiger partial charge is 0.270 e. The van der Waals surface area contributed by atoms with Gasteiger partial charge in [-0.1, -0.05) is 11.8 Å². The summed E-state index contributed by atoms with van der Waals surface area (Å²) in [7, 11) is 0. The van der Waals surface area contributed by atoms with Crippen LogP contribution in [0.5, 0.6) is 0 Å². The maximum absolute atomic E-state index is 12.2. The second-order valence-corrected chi connectivity index (χ2v) is 7.08. The van der Waals surface area contributed by atoms with Crippen LogP contribution in [0.1, 0.15) is 6.92 Å². The maximum Gasteiger partial charge on any atom is 0.270 e. The van der Waals surface area contributed by atoms with E-state index in [-0.39, 0.29) is 17.3 Å². The fourth-order valence-electron chi connectivity index (χ4n) is 2.30. The van der Waals surface area contributed by atoms with Crippen molar-refractivity contribution in [2.45, 2.75) is 18.6 Å². The molecule has 0 aliphatic heterocycles. The van der Waals surface area contributed by atoms with Crippen molar-refractivity contribution in [3.8, 4) is 11.6 Å². The van der Waals surface area contributed by atoms with Crippen molar-refractivity contribution in [1.82, 2.24) is 14.8 Å². The Balaban J connectivity index is 1.65. The number of anilines is 1. The van der Waals surface area contributed by atoms with E-state index in [9.17, 15) is 14.9 Å². The number of carbonyl (C=O) groups excluding carboxylic acids is 1. The molecule has 2 aromatic heterocycles. The average Bonchev–Trinajstić information content (AvgIpc) is 3.30. The largest absolute Gasteiger partial charge is 0.461 e. The summed E-state index contributed by atoms with van der Waals surface area (Å²) in [5.74, 6) is 1.05. The molecule has 0 saturated heterocycles. The van der Waals surface area contributed by atoms with E-state index in [4.69, 9.17) is 4.42 Å². The highest BCUT2D eigenvalue weighted by Crippen LogP contribution is 2.28. The Bertz CT molecular complexity index is 973. The van der Waals surface area contributed by atoms with Crippen molar-refractivity contribution in [3.05, 3.63) is 51.2 Å². The number of benzene rings is 1. The molecule has 3 rings (SSSR count). The van der Waals surface area contributed by atoms with Gasteiger partial charge in [0.25, 0.3) is 5.69 Å².